The van der Waals surface area contributed by atoms with Crippen molar-refractivity contribution in [2.24, 2.45) is 0 Å². The van der Waals surface area contributed by atoms with Crippen LogP contribution in [0.5, 0.6) is 0 Å². The fourth-order valence-corrected chi connectivity index (χ4v) is 1.73. The first-order valence-electron chi connectivity index (χ1n) is 4.65. The van der Waals surface area contributed by atoms with Gasteiger partial charge in [0.2, 0.25) is 0 Å². The molecule has 0 fully saturated rings. The fraction of sp³-hybridized carbons (Fsp3) is 0.0909. The number of halogens is 1. The van der Waals surface area contributed by atoms with E-state index in [1.807, 2.05) is 19.1 Å². The molecule has 0 saturated carbocycles. The first-order chi connectivity index (χ1) is 7.68. The summed E-state index contributed by atoms with van der Waals surface area (Å²) in [6, 6.07) is 7.09. The van der Waals surface area contributed by atoms with Gasteiger partial charge in [0.05, 0.1) is 5.56 Å². The van der Waals surface area contributed by atoms with Crippen molar-refractivity contribution in [1.29, 1.82) is 0 Å². The maximum atomic E-state index is 11.9. The van der Waals surface area contributed by atoms with Crippen molar-refractivity contribution in [3.63, 3.8) is 0 Å². The van der Waals surface area contributed by atoms with E-state index in [1.165, 1.54) is 6.26 Å². The van der Waals surface area contributed by atoms with Gasteiger partial charge < -0.3 is 9.84 Å². The van der Waals surface area contributed by atoms with Crippen molar-refractivity contribution < 1.29 is 9.32 Å². The molecule has 0 aliphatic heterocycles. The van der Waals surface area contributed by atoms with Gasteiger partial charge >= 0.3 is 0 Å². The molecule has 1 heterocycles. The molecule has 4 nitrogen and oxygen atoms in total. The van der Waals surface area contributed by atoms with Crippen molar-refractivity contribution >= 4 is 27.7 Å². The van der Waals surface area contributed by atoms with E-state index in [0.717, 1.165) is 10.0 Å². The maximum absolute atomic E-state index is 11.9. The molecule has 0 bridgehead atoms. The monoisotopic (exact) mass is 280 g/mol. The molecule has 0 saturated heterocycles. The lowest BCUT2D eigenvalue weighted by molar-refractivity contribution is 0.102. The van der Waals surface area contributed by atoms with Crippen LogP contribution >= 0.6 is 15.9 Å². The Hall–Kier alpha value is -1.62. The molecule has 82 valence electrons. The lowest BCUT2D eigenvalue weighted by atomic mass is 10.1. The molecule has 2 rings (SSSR count). The second kappa shape index (κ2) is 4.49. The van der Waals surface area contributed by atoms with Crippen LogP contribution in [0.1, 0.15) is 15.9 Å². The van der Waals surface area contributed by atoms with Gasteiger partial charge in [0.15, 0.2) is 5.82 Å². The Kier molecular flexibility index (Phi) is 3.05. The predicted molar refractivity (Wildman–Crippen MR) is 63.3 cm³/mol. The average Bonchev–Trinajstić information content (AvgIpc) is 2.74. The number of benzene rings is 1. The van der Waals surface area contributed by atoms with Gasteiger partial charge in [-0.25, -0.2) is 0 Å². The quantitative estimate of drug-likeness (QED) is 0.920. The van der Waals surface area contributed by atoms with Gasteiger partial charge in [0.1, 0.15) is 6.26 Å². The number of anilines is 1. The largest absolute Gasteiger partial charge is 0.363 e. The van der Waals surface area contributed by atoms with Gasteiger partial charge in [-0.05, 0) is 34.5 Å². The van der Waals surface area contributed by atoms with Crippen molar-refractivity contribution in [2.75, 3.05) is 5.32 Å². The Bertz CT molecular complexity index is 509. The van der Waals surface area contributed by atoms with Crippen LogP contribution in [0.2, 0.25) is 0 Å². The first kappa shape index (κ1) is 10.9. The Morgan fingerprint density at radius 3 is 2.94 bits per heavy atom. The highest BCUT2D eigenvalue weighted by atomic mass is 79.9. The van der Waals surface area contributed by atoms with Gasteiger partial charge in [-0.1, -0.05) is 17.3 Å². The highest BCUT2D eigenvalue weighted by Gasteiger charge is 2.12. The molecular formula is C11H9BrN2O2. The molecule has 0 unspecified atom stereocenters. The number of nitrogens with one attached hydrogen (secondary N) is 1. The molecule has 1 aromatic carbocycles. The zero-order valence-electron chi connectivity index (χ0n) is 8.53. The Morgan fingerprint density at radius 2 is 2.25 bits per heavy atom. The van der Waals surface area contributed by atoms with Crippen molar-refractivity contribution in [1.82, 2.24) is 5.16 Å². The summed E-state index contributed by atoms with van der Waals surface area (Å²) < 4.78 is 5.42. The second-order valence-corrected chi connectivity index (χ2v) is 4.07. The topological polar surface area (TPSA) is 55.1 Å². The lowest BCUT2D eigenvalue weighted by Crippen LogP contribution is -2.13. The molecule has 0 aliphatic carbocycles. The van der Waals surface area contributed by atoms with Crippen LogP contribution in [0, 0.1) is 6.92 Å². The van der Waals surface area contributed by atoms with E-state index in [9.17, 15) is 4.79 Å². The molecule has 2 aromatic rings. The van der Waals surface area contributed by atoms with Crippen LogP contribution in [0.4, 0.5) is 5.82 Å². The summed E-state index contributed by atoms with van der Waals surface area (Å²) in [5.74, 6) is 0.183. The average molecular weight is 281 g/mol. The third-order valence-corrected chi connectivity index (χ3v) is 3.17. The van der Waals surface area contributed by atoms with E-state index in [1.54, 1.807) is 12.1 Å². The zero-order valence-corrected chi connectivity index (χ0v) is 10.1. The fourth-order valence-electron chi connectivity index (χ4n) is 1.28. The van der Waals surface area contributed by atoms with E-state index in [2.05, 4.69) is 30.9 Å². The zero-order chi connectivity index (χ0) is 11.5. The molecular weight excluding hydrogens is 272 g/mol. The summed E-state index contributed by atoms with van der Waals surface area (Å²) in [6.07, 6.45) is 1.40. The van der Waals surface area contributed by atoms with Crippen LogP contribution in [0.25, 0.3) is 0 Å². The SMILES string of the molecule is Cc1cccc(C(=O)Nc2ccon2)c1Br. The molecule has 0 radical (unpaired) electrons. The van der Waals surface area contributed by atoms with Crippen LogP contribution < -0.4 is 5.32 Å². The van der Waals surface area contributed by atoms with Crippen molar-refractivity contribution in [3.05, 3.63) is 46.1 Å². The van der Waals surface area contributed by atoms with Gasteiger partial charge in [-0.3, -0.25) is 4.79 Å². The summed E-state index contributed by atoms with van der Waals surface area (Å²) >= 11 is 3.38. The van der Waals surface area contributed by atoms with Crippen LogP contribution in [-0.2, 0) is 0 Å². The minimum Gasteiger partial charge on any atom is -0.363 e. The standard InChI is InChI=1S/C11H9BrN2O2/c1-7-3-2-4-8(10(7)12)11(15)13-9-5-6-16-14-9/h2-6H,1H3,(H,13,14,15). The number of hydrogen-bond acceptors (Lipinski definition) is 3. The first-order valence-corrected chi connectivity index (χ1v) is 5.44. The number of aromatic nitrogens is 1. The highest BCUT2D eigenvalue weighted by Crippen LogP contribution is 2.21. The molecule has 0 atom stereocenters. The Morgan fingerprint density at radius 1 is 1.44 bits per heavy atom. The lowest BCUT2D eigenvalue weighted by Gasteiger charge is -2.05. The smallest absolute Gasteiger partial charge is 0.258 e. The summed E-state index contributed by atoms with van der Waals surface area (Å²) in [6.45, 7) is 1.93. The van der Waals surface area contributed by atoms with Crippen LogP contribution in [0.15, 0.2) is 39.5 Å². The third kappa shape index (κ3) is 2.14. The Labute approximate surface area is 101 Å². The summed E-state index contributed by atoms with van der Waals surface area (Å²) in [5, 5.41) is 6.24. The molecule has 16 heavy (non-hydrogen) atoms. The third-order valence-electron chi connectivity index (χ3n) is 2.12. The summed E-state index contributed by atoms with van der Waals surface area (Å²) in [4.78, 5) is 11.9. The van der Waals surface area contributed by atoms with Crippen molar-refractivity contribution in [3.8, 4) is 0 Å². The van der Waals surface area contributed by atoms with E-state index < -0.39 is 0 Å². The van der Waals surface area contributed by atoms with Gasteiger partial charge in [-0.15, -0.1) is 0 Å². The van der Waals surface area contributed by atoms with E-state index >= 15 is 0 Å². The molecule has 0 spiro atoms. The van der Waals surface area contributed by atoms with E-state index in [0.29, 0.717) is 11.4 Å². The van der Waals surface area contributed by atoms with Gasteiger partial charge in [0.25, 0.3) is 5.91 Å². The normalized spacial score (nSPS) is 10.1. The van der Waals surface area contributed by atoms with Crippen LogP contribution in [0.3, 0.4) is 0 Å². The molecule has 1 N–H and O–H groups in total. The van der Waals surface area contributed by atoms with E-state index in [-0.39, 0.29) is 5.91 Å². The minimum atomic E-state index is -0.218. The van der Waals surface area contributed by atoms with Crippen molar-refractivity contribution in [2.45, 2.75) is 6.92 Å². The molecule has 5 heteroatoms. The van der Waals surface area contributed by atoms with Crippen LogP contribution in [-0.4, -0.2) is 11.1 Å². The highest BCUT2D eigenvalue weighted by molar-refractivity contribution is 9.10. The number of aryl methyl sites for hydroxylation is 1. The molecule has 1 amide bonds. The number of carbonyl (C=O) groups excluding carboxylic acids is 1. The number of amides is 1. The van der Waals surface area contributed by atoms with Gasteiger partial charge in [0, 0.05) is 10.5 Å². The number of hydrogen-bond donors (Lipinski definition) is 1. The number of carbonyl (C=O) groups is 1. The number of rotatable bonds is 2. The number of nitrogens with zero attached hydrogens (tertiary/aromatic N) is 1. The second-order valence-electron chi connectivity index (χ2n) is 3.28. The van der Waals surface area contributed by atoms with E-state index in [4.69, 9.17) is 0 Å². The summed E-state index contributed by atoms with van der Waals surface area (Å²) in [5.41, 5.74) is 1.58. The minimum absolute atomic E-state index is 0.218. The summed E-state index contributed by atoms with van der Waals surface area (Å²) in [7, 11) is 0. The molecule has 0 aliphatic rings. The molecule has 1 aromatic heterocycles. The predicted octanol–water partition coefficient (Wildman–Crippen LogP) is 3.00. The maximum Gasteiger partial charge on any atom is 0.258 e. The van der Waals surface area contributed by atoms with Gasteiger partial charge in [-0.2, -0.15) is 0 Å². The Balaban J connectivity index is 2.24.